The number of amides is 3. The molecule has 2 aliphatic heterocycles. The summed E-state index contributed by atoms with van der Waals surface area (Å²) in [6, 6.07) is 24.5. The van der Waals surface area contributed by atoms with E-state index in [1.165, 1.54) is 4.90 Å². The molecule has 0 bridgehead atoms. The van der Waals surface area contributed by atoms with Gasteiger partial charge in [-0.3, -0.25) is 9.69 Å². The second-order valence-corrected chi connectivity index (χ2v) is 8.30. The van der Waals surface area contributed by atoms with E-state index in [1.807, 2.05) is 79.7 Å². The molecule has 4 aromatic rings. The van der Waals surface area contributed by atoms with Crippen LogP contribution in [0.1, 0.15) is 28.4 Å². The Morgan fingerprint density at radius 3 is 2.48 bits per heavy atom. The van der Waals surface area contributed by atoms with Gasteiger partial charge in [0.15, 0.2) is 0 Å². The van der Waals surface area contributed by atoms with E-state index in [-0.39, 0.29) is 18.0 Å². The maximum atomic E-state index is 13.7. The van der Waals surface area contributed by atoms with Crippen LogP contribution >= 0.6 is 0 Å². The summed E-state index contributed by atoms with van der Waals surface area (Å²) in [5, 5.41) is 1.12. The van der Waals surface area contributed by atoms with E-state index in [0.29, 0.717) is 12.1 Å². The van der Waals surface area contributed by atoms with Crippen LogP contribution in [0.15, 0.2) is 78.9 Å². The minimum absolute atomic E-state index is 0.160. The molecule has 1 fully saturated rings. The average molecular weight is 407 g/mol. The summed E-state index contributed by atoms with van der Waals surface area (Å²) in [6.07, 6.45) is 0.509. The van der Waals surface area contributed by atoms with Gasteiger partial charge in [0.1, 0.15) is 12.1 Å². The normalized spacial score (nSPS) is 20.3. The van der Waals surface area contributed by atoms with E-state index in [4.69, 9.17) is 0 Å². The number of nitrogens with one attached hydrogen (secondary N) is 1. The van der Waals surface area contributed by atoms with Gasteiger partial charge in [0.25, 0.3) is 5.91 Å². The summed E-state index contributed by atoms with van der Waals surface area (Å²) in [7, 11) is 0. The van der Waals surface area contributed by atoms with Crippen LogP contribution in [0.4, 0.5) is 10.5 Å². The van der Waals surface area contributed by atoms with Crippen LogP contribution < -0.4 is 4.90 Å². The first kappa shape index (κ1) is 18.0. The molecule has 31 heavy (non-hydrogen) atoms. The van der Waals surface area contributed by atoms with E-state index in [9.17, 15) is 9.59 Å². The molecule has 2 unspecified atom stereocenters. The number of anilines is 1. The number of rotatable bonds is 2. The van der Waals surface area contributed by atoms with E-state index in [0.717, 1.165) is 33.3 Å². The van der Waals surface area contributed by atoms with Crippen LogP contribution in [0.2, 0.25) is 0 Å². The summed E-state index contributed by atoms with van der Waals surface area (Å²) in [5.41, 5.74) is 5.79. The summed E-state index contributed by atoms with van der Waals surface area (Å²) in [6.45, 7) is 1.96. The number of nitrogens with zero attached hydrogens (tertiary/aromatic N) is 2. The monoisotopic (exact) mass is 407 g/mol. The quantitative estimate of drug-likeness (QED) is 0.478. The van der Waals surface area contributed by atoms with E-state index >= 15 is 0 Å². The Morgan fingerprint density at radius 2 is 1.68 bits per heavy atom. The molecule has 3 amide bonds. The number of benzene rings is 3. The average Bonchev–Trinajstić information content (AvgIpc) is 3.28. The van der Waals surface area contributed by atoms with Gasteiger partial charge in [0.2, 0.25) is 0 Å². The Bertz CT molecular complexity index is 1340. The number of aromatic amines is 1. The van der Waals surface area contributed by atoms with Crippen molar-refractivity contribution < 1.29 is 9.59 Å². The second-order valence-electron chi connectivity index (χ2n) is 8.30. The zero-order valence-electron chi connectivity index (χ0n) is 17.1. The number of imide groups is 1. The van der Waals surface area contributed by atoms with E-state index in [2.05, 4.69) is 11.1 Å². The van der Waals surface area contributed by atoms with Gasteiger partial charge in [-0.25, -0.2) is 9.69 Å². The van der Waals surface area contributed by atoms with Crippen LogP contribution in [-0.4, -0.2) is 27.9 Å². The minimum atomic E-state index is -0.523. The molecule has 6 rings (SSSR count). The van der Waals surface area contributed by atoms with Gasteiger partial charge in [-0.2, -0.15) is 0 Å². The molecule has 1 saturated heterocycles. The lowest BCUT2D eigenvalue weighted by Gasteiger charge is -2.36. The highest BCUT2D eigenvalue weighted by Gasteiger charge is 2.53. The van der Waals surface area contributed by atoms with Crippen molar-refractivity contribution in [1.82, 2.24) is 9.88 Å². The number of aryl methyl sites for hydroxylation is 1. The highest BCUT2D eigenvalue weighted by Crippen LogP contribution is 2.44. The first-order chi connectivity index (χ1) is 15.1. The Hall–Kier alpha value is -3.86. The maximum absolute atomic E-state index is 13.7. The molecule has 0 aliphatic carbocycles. The maximum Gasteiger partial charge on any atom is 0.332 e. The number of para-hydroxylation sites is 1. The molecule has 2 aliphatic rings. The Kier molecular flexibility index (Phi) is 3.81. The number of urea groups is 1. The fourth-order valence-corrected chi connectivity index (χ4v) is 5.06. The largest absolute Gasteiger partial charge is 0.356 e. The van der Waals surface area contributed by atoms with E-state index < -0.39 is 6.04 Å². The third-order valence-electron chi connectivity index (χ3n) is 6.42. The number of aromatic nitrogens is 1. The predicted octanol–water partition coefficient (Wildman–Crippen LogP) is 4.96. The second kappa shape index (κ2) is 6.57. The molecular formula is C26H21N3O2. The first-order valence-electron chi connectivity index (χ1n) is 10.5. The fraction of sp³-hybridized carbons (Fsp3) is 0.154. The Balaban J connectivity index is 1.55. The van der Waals surface area contributed by atoms with Crippen LogP contribution in [0.5, 0.6) is 0 Å². The van der Waals surface area contributed by atoms with Gasteiger partial charge < -0.3 is 4.98 Å². The zero-order valence-corrected chi connectivity index (χ0v) is 17.1. The molecule has 0 radical (unpaired) electrons. The summed E-state index contributed by atoms with van der Waals surface area (Å²) >= 11 is 0. The van der Waals surface area contributed by atoms with Gasteiger partial charge in [-0.1, -0.05) is 60.7 Å². The van der Waals surface area contributed by atoms with Crippen LogP contribution in [-0.2, 0) is 11.2 Å². The molecule has 5 nitrogen and oxygen atoms in total. The smallest absolute Gasteiger partial charge is 0.332 e. The Morgan fingerprint density at radius 1 is 0.903 bits per heavy atom. The van der Waals surface area contributed by atoms with Gasteiger partial charge in [0.05, 0.1) is 5.69 Å². The molecule has 3 heterocycles. The molecule has 1 aromatic heterocycles. The van der Waals surface area contributed by atoms with Crippen LogP contribution in [0.3, 0.4) is 0 Å². The Labute approximate surface area is 179 Å². The summed E-state index contributed by atoms with van der Waals surface area (Å²) in [5.74, 6) is -0.160. The van der Waals surface area contributed by atoms with Crippen molar-refractivity contribution >= 4 is 28.5 Å². The van der Waals surface area contributed by atoms with Gasteiger partial charge in [0, 0.05) is 23.0 Å². The lowest BCUT2D eigenvalue weighted by atomic mass is 9.89. The van der Waals surface area contributed by atoms with Crippen LogP contribution in [0, 0.1) is 6.92 Å². The third kappa shape index (κ3) is 2.56. The predicted molar refractivity (Wildman–Crippen MR) is 120 cm³/mol. The SMILES string of the molecule is Cc1cccc(N2C(=O)C3Cc4c([nH]c5ccccc45)C(c4ccccc4)N3C2=O)c1. The standard InChI is InChI=1S/C26H21N3O2/c1-16-8-7-11-18(14-16)28-25(30)22-15-20-19-12-5-6-13-21(19)27-23(20)24(29(22)26(28)31)17-9-3-2-4-10-17/h2-14,22,24,27H,15H2,1H3. The zero-order chi connectivity index (χ0) is 21.1. The first-order valence-corrected chi connectivity index (χ1v) is 10.5. The van der Waals surface area contributed by atoms with Crippen molar-refractivity contribution in [1.29, 1.82) is 0 Å². The molecule has 152 valence electrons. The number of hydrogen-bond donors (Lipinski definition) is 1. The number of hydrogen-bond acceptors (Lipinski definition) is 2. The van der Waals surface area contributed by atoms with Crippen molar-refractivity contribution in [3.63, 3.8) is 0 Å². The molecule has 5 heteroatoms. The number of fused-ring (bicyclic) bond motifs is 4. The molecule has 3 aromatic carbocycles. The summed E-state index contributed by atoms with van der Waals surface area (Å²) < 4.78 is 0. The highest BCUT2D eigenvalue weighted by atomic mass is 16.2. The number of carbonyl (C=O) groups is 2. The number of H-pyrrole nitrogens is 1. The minimum Gasteiger partial charge on any atom is -0.356 e. The molecular weight excluding hydrogens is 386 g/mol. The molecule has 0 saturated carbocycles. The van der Waals surface area contributed by atoms with Gasteiger partial charge >= 0.3 is 6.03 Å². The lowest BCUT2D eigenvalue weighted by Crippen LogP contribution is -2.44. The summed E-state index contributed by atoms with van der Waals surface area (Å²) in [4.78, 5) is 33.9. The van der Waals surface area contributed by atoms with Crippen molar-refractivity contribution in [3.05, 3.63) is 101 Å². The molecule has 0 spiro atoms. The van der Waals surface area contributed by atoms with Crippen LogP contribution in [0.25, 0.3) is 10.9 Å². The van der Waals surface area contributed by atoms with E-state index in [1.54, 1.807) is 4.90 Å². The highest BCUT2D eigenvalue weighted by molar-refractivity contribution is 6.22. The molecule has 1 N–H and O–H groups in total. The van der Waals surface area contributed by atoms with Crippen molar-refractivity contribution in [3.8, 4) is 0 Å². The number of carbonyl (C=O) groups excluding carboxylic acids is 2. The van der Waals surface area contributed by atoms with Crippen molar-refractivity contribution in [2.45, 2.75) is 25.4 Å². The van der Waals surface area contributed by atoms with Crippen molar-refractivity contribution in [2.75, 3.05) is 4.90 Å². The molecule has 2 atom stereocenters. The third-order valence-corrected chi connectivity index (χ3v) is 6.42. The van der Waals surface area contributed by atoms with Gasteiger partial charge in [-0.05, 0) is 41.8 Å². The van der Waals surface area contributed by atoms with Gasteiger partial charge in [-0.15, -0.1) is 0 Å². The lowest BCUT2D eigenvalue weighted by molar-refractivity contribution is -0.120. The van der Waals surface area contributed by atoms with Crippen molar-refractivity contribution in [2.24, 2.45) is 0 Å². The fourth-order valence-electron chi connectivity index (χ4n) is 5.06. The topological polar surface area (TPSA) is 56.4 Å².